The molecule has 0 aliphatic heterocycles. The third-order valence-corrected chi connectivity index (χ3v) is 1.41. The lowest BCUT2D eigenvalue weighted by Crippen LogP contribution is -2.15. The van der Waals surface area contributed by atoms with Gasteiger partial charge in [-0.25, -0.2) is 4.79 Å². The Morgan fingerprint density at radius 2 is 1.64 bits per heavy atom. The average molecular weight is 212 g/mol. The minimum Gasteiger partial charge on any atom is -0.463 e. The molecule has 0 N–H and O–H groups in total. The molecule has 0 unspecified atom stereocenters. The first-order chi connectivity index (χ1) is 6.75. The largest absolute Gasteiger partial charge is 0.463 e. The molecule has 0 aromatic heterocycles. The van der Waals surface area contributed by atoms with E-state index in [4.69, 9.17) is 4.57 Å². The Labute approximate surface area is 83.5 Å². The molecule has 0 saturated heterocycles. The zero-order valence-electron chi connectivity index (χ0n) is 7.52. The monoisotopic (exact) mass is 212 g/mol. The van der Waals surface area contributed by atoms with Crippen LogP contribution < -0.4 is 0 Å². The molecule has 0 aliphatic carbocycles. The van der Waals surface area contributed by atoms with Crippen molar-refractivity contribution >= 4 is 20.9 Å². The summed E-state index contributed by atoms with van der Waals surface area (Å²) in [6.07, 6.45) is 0. The maximum absolute atomic E-state index is 11.1. The van der Waals surface area contributed by atoms with Crippen LogP contribution >= 0.6 is 9.12 Å². The van der Waals surface area contributed by atoms with E-state index in [0.29, 0.717) is 5.56 Å². The van der Waals surface area contributed by atoms with Crippen LogP contribution in [-0.2, 0) is 14.1 Å². The second kappa shape index (κ2) is 6.92. The van der Waals surface area contributed by atoms with E-state index in [2.05, 4.69) is 4.74 Å². The number of ether oxygens (including phenoxy) is 1. The number of methoxy groups -OCH3 is 1. The molecule has 0 atom stereocenters. The van der Waals surface area contributed by atoms with Crippen molar-refractivity contribution in [2.24, 2.45) is 0 Å². The number of carbonyl (C=O) groups is 2. The van der Waals surface area contributed by atoms with Crippen LogP contribution in [-0.4, -0.2) is 18.9 Å². The number of carbonyl (C=O) groups excluding carboxylic acids is 2. The smallest absolute Gasteiger partial charge is 0.379 e. The van der Waals surface area contributed by atoms with Crippen LogP contribution in [0, 0.1) is 0 Å². The van der Waals surface area contributed by atoms with Gasteiger partial charge in [-0.05, 0) is 0 Å². The Morgan fingerprint density at radius 3 is 2.07 bits per heavy atom. The van der Waals surface area contributed by atoms with E-state index in [9.17, 15) is 9.59 Å². The summed E-state index contributed by atoms with van der Waals surface area (Å²) in [5.74, 6) is -1.45. The predicted molar refractivity (Wildman–Crippen MR) is 51.8 cm³/mol. The first kappa shape index (κ1) is 12.5. The fourth-order valence-electron chi connectivity index (χ4n) is 0.800. The summed E-state index contributed by atoms with van der Waals surface area (Å²) in [5.41, 5.74) is 0.351. The van der Waals surface area contributed by atoms with Gasteiger partial charge in [0.15, 0.2) is 0 Å². The van der Waals surface area contributed by atoms with Gasteiger partial charge < -0.3 is 4.74 Å². The maximum Gasteiger partial charge on any atom is 0.379 e. The Morgan fingerprint density at radius 1 is 1.14 bits per heavy atom. The Balaban J connectivity index is 0.000000791. The van der Waals surface area contributed by atoms with Crippen molar-refractivity contribution in [2.75, 3.05) is 7.11 Å². The van der Waals surface area contributed by atoms with Crippen LogP contribution in [0.1, 0.15) is 10.4 Å². The van der Waals surface area contributed by atoms with Gasteiger partial charge in [0.25, 0.3) is 5.78 Å². The molecule has 0 bridgehead atoms. The van der Waals surface area contributed by atoms with Gasteiger partial charge in [-0.1, -0.05) is 30.3 Å². The summed E-state index contributed by atoms with van der Waals surface area (Å²) in [6.45, 7) is 0. The summed E-state index contributed by atoms with van der Waals surface area (Å²) in [4.78, 5) is 21.8. The number of rotatable bonds is 2. The molecule has 74 valence electrons. The first-order valence-electron chi connectivity index (χ1n) is 3.64. The molecule has 1 aromatic rings. The van der Waals surface area contributed by atoms with E-state index < -0.39 is 11.8 Å². The van der Waals surface area contributed by atoms with E-state index in [0.717, 1.165) is 0 Å². The minimum atomic E-state index is -0.832. The zero-order valence-corrected chi connectivity index (χ0v) is 8.52. The van der Waals surface area contributed by atoms with Crippen molar-refractivity contribution in [3.63, 3.8) is 0 Å². The van der Waals surface area contributed by atoms with E-state index in [1.165, 1.54) is 7.11 Å². The molecule has 0 saturated carbocycles. The highest BCUT2D eigenvalue weighted by atomic mass is 31.0. The van der Waals surface area contributed by atoms with E-state index in [1.807, 2.05) is 0 Å². The van der Waals surface area contributed by atoms with Gasteiger partial charge in [0, 0.05) is 5.56 Å². The van der Waals surface area contributed by atoms with Crippen LogP contribution in [0.2, 0.25) is 0 Å². The number of ketones is 1. The summed E-state index contributed by atoms with van der Waals surface area (Å²) < 4.78 is 12.3. The van der Waals surface area contributed by atoms with Crippen LogP contribution in [0.5, 0.6) is 0 Å². The van der Waals surface area contributed by atoms with Gasteiger partial charge in [-0.15, -0.1) is 0 Å². The molecule has 14 heavy (non-hydrogen) atoms. The standard InChI is InChI=1S/C9H8O3.HOP/c1-12-9(11)8(10)7-5-3-2-4-6-7;1-2/h2-6H,1H3;2H. The minimum absolute atomic E-state index is 0.351. The van der Waals surface area contributed by atoms with Gasteiger partial charge in [-0.2, -0.15) is 0 Å². The number of hydrogen-bond donors (Lipinski definition) is 0. The normalized spacial score (nSPS) is 8.07. The van der Waals surface area contributed by atoms with E-state index in [1.54, 1.807) is 39.5 Å². The van der Waals surface area contributed by atoms with Crippen molar-refractivity contribution in [2.45, 2.75) is 0 Å². The highest BCUT2D eigenvalue weighted by Gasteiger charge is 2.14. The topological polar surface area (TPSA) is 60.4 Å². The molecule has 4 nitrogen and oxygen atoms in total. The Bertz CT molecular complexity index is 310. The van der Waals surface area contributed by atoms with E-state index >= 15 is 0 Å². The molecular weight excluding hydrogens is 203 g/mol. The molecule has 1 aromatic carbocycles. The van der Waals surface area contributed by atoms with E-state index in [-0.39, 0.29) is 0 Å². The average Bonchev–Trinajstić information content (AvgIpc) is 2.31. The lowest BCUT2D eigenvalue weighted by atomic mass is 10.1. The second-order valence-electron chi connectivity index (χ2n) is 2.19. The molecular formula is C9H9O4P. The lowest BCUT2D eigenvalue weighted by Gasteiger charge is -1.96. The third-order valence-electron chi connectivity index (χ3n) is 1.41. The quantitative estimate of drug-likeness (QED) is 0.322. The molecule has 0 radical (unpaired) electrons. The van der Waals surface area contributed by atoms with Crippen LogP contribution in [0.25, 0.3) is 0 Å². The highest BCUT2D eigenvalue weighted by molar-refractivity contribution is 7.00. The van der Waals surface area contributed by atoms with Gasteiger partial charge in [0.1, 0.15) is 9.12 Å². The first-order valence-corrected chi connectivity index (χ1v) is 4.04. The van der Waals surface area contributed by atoms with Crippen LogP contribution in [0.4, 0.5) is 0 Å². The van der Waals surface area contributed by atoms with Gasteiger partial charge in [0.2, 0.25) is 0 Å². The summed E-state index contributed by atoms with van der Waals surface area (Å²) in [6, 6.07) is 8.29. The molecule has 1 rings (SSSR count). The Hall–Kier alpha value is -1.54. The van der Waals surface area contributed by atoms with Gasteiger partial charge >= 0.3 is 5.97 Å². The fraction of sp³-hybridized carbons (Fsp3) is 0.111. The molecule has 0 fully saturated rings. The number of hydrogen-bond acceptors (Lipinski definition) is 4. The summed E-state index contributed by atoms with van der Waals surface area (Å²) >= 11 is 0. The maximum atomic E-state index is 11.1. The molecule has 0 heterocycles. The fourth-order valence-corrected chi connectivity index (χ4v) is 0.800. The summed E-state index contributed by atoms with van der Waals surface area (Å²) in [7, 11) is 2.91. The highest BCUT2D eigenvalue weighted by Crippen LogP contribution is 2.00. The van der Waals surface area contributed by atoms with Crippen LogP contribution in [0.3, 0.4) is 0 Å². The molecule has 5 heteroatoms. The molecule has 0 amide bonds. The van der Waals surface area contributed by atoms with Crippen LogP contribution in [0.15, 0.2) is 30.3 Å². The van der Waals surface area contributed by atoms with Crippen molar-refractivity contribution in [3.8, 4) is 0 Å². The lowest BCUT2D eigenvalue weighted by molar-refractivity contribution is -0.135. The van der Waals surface area contributed by atoms with Crippen molar-refractivity contribution < 1.29 is 18.9 Å². The molecule has 0 spiro atoms. The Kier molecular flexibility index (Phi) is 6.16. The van der Waals surface area contributed by atoms with Gasteiger partial charge in [0.05, 0.1) is 7.11 Å². The molecule has 0 aliphatic rings. The number of Topliss-reactive ketones (excluding diaryl/α,β-unsaturated/α-hetero) is 1. The van der Waals surface area contributed by atoms with Crippen molar-refractivity contribution in [1.29, 1.82) is 0 Å². The van der Waals surface area contributed by atoms with Crippen molar-refractivity contribution in [3.05, 3.63) is 35.9 Å². The SMILES string of the molecule is COC(=O)C(=O)c1ccccc1.O=P. The number of benzene rings is 1. The van der Waals surface area contributed by atoms with Crippen molar-refractivity contribution in [1.82, 2.24) is 0 Å². The number of esters is 1. The zero-order chi connectivity index (χ0) is 11.0. The summed E-state index contributed by atoms with van der Waals surface area (Å²) in [5, 5.41) is 0. The second-order valence-corrected chi connectivity index (χ2v) is 2.19. The predicted octanol–water partition coefficient (Wildman–Crippen LogP) is 1.52. The third kappa shape index (κ3) is 3.46. The van der Waals surface area contributed by atoms with Gasteiger partial charge in [-0.3, -0.25) is 9.36 Å².